The van der Waals surface area contributed by atoms with Crippen molar-refractivity contribution in [3.63, 3.8) is 0 Å². The van der Waals surface area contributed by atoms with E-state index in [1.165, 1.54) is 95.5 Å². The summed E-state index contributed by atoms with van der Waals surface area (Å²) in [6, 6.07) is 13.8. The molecule has 0 amide bonds. The maximum atomic E-state index is 5.53. The zero-order valence-corrected chi connectivity index (χ0v) is 23.5. The molecule has 0 spiro atoms. The van der Waals surface area contributed by atoms with Crippen LogP contribution in [0.4, 0.5) is 0 Å². The summed E-state index contributed by atoms with van der Waals surface area (Å²) in [6.07, 6.45) is 22.1. The van der Waals surface area contributed by atoms with E-state index < -0.39 is 0 Å². The van der Waals surface area contributed by atoms with E-state index in [-0.39, 0.29) is 6.54 Å². The molecule has 202 valence electrons. The van der Waals surface area contributed by atoms with Crippen molar-refractivity contribution in [3.05, 3.63) is 47.7 Å². The normalized spacial score (nSPS) is 14.5. The van der Waals surface area contributed by atoms with E-state index in [0.717, 1.165) is 24.1 Å². The Morgan fingerprint density at radius 2 is 1.42 bits per heavy atom. The van der Waals surface area contributed by atoms with Gasteiger partial charge < -0.3 is 10.6 Å². The summed E-state index contributed by atoms with van der Waals surface area (Å²) < 4.78 is 0. The molecule has 3 rings (SSSR count). The van der Waals surface area contributed by atoms with Crippen LogP contribution >= 0.6 is 0 Å². The SMILES string of the molecule is C1#CN1.C1CCCCC1.C=C(CN)O/N=C(/c1ccc(CCCCCCCCCC)cc1)C(C)CC. The first-order chi connectivity index (χ1) is 17.6. The van der Waals surface area contributed by atoms with Crippen LogP contribution in [-0.4, -0.2) is 12.3 Å². The lowest BCUT2D eigenvalue weighted by Crippen LogP contribution is -2.13. The highest BCUT2D eigenvalue weighted by molar-refractivity contribution is 6.01. The fourth-order valence-corrected chi connectivity index (χ4v) is 4.14. The summed E-state index contributed by atoms with van der Waals surface area (Å²) in [4.78, 5) is 5.36. The maximum Gasteiger partial charge on any atom is 0.141 e. The maximum absolute atomic E-state index is 5.53. The number of nitrogens with zero attached hydrogens (tertiary/aromatic N) is 1. The van der Waals surface area contributed by atoms with Gasteiger partial charge in [-0.2, -0.15) is 0 Å². The van der Waals surface area contributed by atoms with Crippen LogP contribution in [0.1, 0.15) is 128 Å². The highest BCUT2D eigenvalue weighted by Crippen LogP contribution is 2.17. The van der Waals surface area contributed by atoms with E-state index in [9.17, 15) is 0 Å². The lowest BCUT2D eigenvalue weighted by molar-refractivity contribution is 0.224. The third-order valence-electron chi connectivity index (χ3n) is 6.77. The summed E-state index contributed by atoms with van der Waals surface area (Å²) in [5, 5.41) is 6.82. The summed E-state index contributed by atoms with van der Waals surface area (Å²) in [7, 11) is 0. The van der Waals surface area contributed by atoms with Crippen molar-refractivity contribution >= 4 is 5.71 Å². The zero-order chi connectivity index (χ0) is 26.3. The lowest BCUT2D eigenvalue weighted by Gasteiger charge is -2.13. The zero-order valence-electron chi connectivity index (χ0n) is 23.5. The van der Waals surface area contributed by atoms with E-state index in [1.807, 2.05) is 0 Å². The number of nitrogens with one attached hydrogen (secondary N) is 1. The average molecular weight is 496 g/mol. The van der Waals surface area contributed by atoms with Crippen molar-refractivity contribution in [2.24, 2.45) is 16.8 Å². The summed E-state index contributed by atoms with van der Waals surface area (Å²) in [6.45, 7) is 10.6. The Kier molecular flexibility index (Phi) is 19.4. The third-order valence-corrected chi connectivity index (χ3v) is 6.77. The molecular weight excluding hydrogens is 442 g/mol. The predicted molar refractivity (Wildman–Crippen MR) is 157 cm³/mol. The van der Waals surface area contributed by atoms with E-state index in [1.54, 1.807) is 0 Å². The molecule has 0 radical (unpaired) electrons. The summed E-state index contributed by atoms with van der Waals surface area (Å²) in [5.41, 5.74) is 9.02. The number of aryl methyl sites for hydroxylation is 1. The van der Waals surface area contributed by atoms with Gasteiger partial charge in [0.25, 0.3) is 0 Å². The molecule has 1 aliphatic heterocycles. The molecule has 0 saturated heterocycles. The van der Waals surface area contributed by atoms with Crippen LogP contribution in [0.25, 0.3) is 0 Å². The number of unbranched alkanes of at least 4 members (excludes halogenated alkanes) is 7. The first kappa shape index (κ1) is 31.8. The van der Waals surface area contributed by atoms with E-state index >= 15 is 0 Å². The van der Waals surface area contributed by atoms with Gasteiger partial charge in [-0.1, -0.05) is 140 Å². The van der Waals surface area contributed by atoms with Crippen molar-refractivity contribution in [1.29, 1.82) is 0 Å². The first-order valence-corrected chi connectivity index (χ1v) is 14.6. The number of nitrogens with two attached hydrogens (primary N) is 1. The van der Waals surface area contributed by atoms with Gasteiger partial charge >= 0.3 is 0 Å². The number of hydrogen-bond acceptors (Lipinski definition) is 4. The smallest absolute Gasteiger partial charge is 0.141 e. The summed E-state index contributed by atoms with van der Waals surface area (Å²) >= 11 is 0. The van der Waals surface area contributed by atoms with Gasteiger partial charge in [-0.15, -0.1) is 0 Å². The topological polar surface area (TPSA) is 69.5 Å². The molecule has 1 aromatic rings. The van der Waals surface area contributed by atoms with Gasteiger partial charge in [0.05, 0.1) is 12.3 Å². The fourth-order valence-electron chi connectivity index (χ4n) is 4.14. The first-order valence-electron chi connectivity index (χ1n) is 14.6. The second-order valence-electron chi connectivity index (χ2n) is 10.0. The molecule has 1 fully saturated rings. The second kappa shape index (κ2) is 22.0. The average Bonchev–Trinajstić information content (AvgIpc) is 3.82. The largest absolute Gasteiger partial charge is 0.360 e. The molecule has 1 aromatic carbocycles. The predicted octanol–water partition coefficient (Wildman–Crippen LogP) is 8.46. The molecule has 1 unspecified atom stereocenters. The standard InChI is InChI=1S/C24H40N2O.C6H12.C2HN/c1-5-7-8-9-10-11-12-13-14-22-15-17-23(18-16-22)24(20(3)6-2)26-27-21(4)19-25;1-2-4-6-5-3-1;1-2-3-1/h15-18,20H,4-14,19,25H2,1-3H3;1-6H2;3H/b26-24+;;. The highest BCUT2D eigenvalue weighted by Gasteiger charge is 2.13. The van der Waals surface area contributed by atoms with Gasteiger partial charge in [0.2, 0.25) is 0 Å². The molecule has 4 nitrogen and oxygen atoms in total. The van der Waals surface area contributed by atoms with Crippen LogP contribution in [0.2, 0.25) is 0 Å². The number of hydrogen-bond donors (Lipinski definition) is 2. The Morgan fingerprint density at radius 3 is 1.86 bits per heavy atom. The van der Waals surface area contributed by atoms with E-state index in [2.05, 4.69) is 74.2 Å². The van der Waals surface area contributed by atoms with Gasteiger partial charge in [0.1, 0.15) is 5.76 Å². The van der Waals surface area contributed by atoms with Crippen molar-refractivity contribution in [2.45, 2.75) is 124 Å². The van der Waals surface area contributed by atoms with Gasteiger partial charge in [-0.25, -0.2) is 0 Å². The van der Waals surface area contributed by atoms with Gasteiger partial charge in [0, 0.05) is 18.0 Å². The van der Waals surface area contributed by atoms with Crippen LogP contribution in [0, 0.1) is 18.0 Å². The van der Waals surface area contributed by atoms with Gasteiger partial charge in [0.15, 0.2) is 0 Å². The Bertz CT molecular complexity index is 751. The molecule has 1 saturated carbocycles. The highest BCUT2D eigenvalue weighted by atomic mass is 16.6. The number of oxime groups is 1. The van der Waals surface area contributed by atoms with Crippen LogP contribution in [0.15, 0.2) is 41.8 Å². The molecular formula is C32H53N3O. The molecule has 1 aliphatic carbocycles. The molecule has 0 bridgehead atoms. The minimum absolute atomic E-state index is 0.287. The second-order valence-corrected chi connectivity index (χ2v) is 10.0. The van der Waals surface area contributed by atoms with Crippen LogP contribution in [-0.2, 0) is 11.3 Å². The van der Waals surface area contributed by atoms with Crippen molar-refractivity contribution in [2.75, 3.05) is 6.54 Å². The molecule has 1 atom stereocenters. The van der Waals surface area contributed by atoms with Gasteiger partial charge in [-0.3, -0.25) is 5.32 Å². The molecule has 1 heterocycles. The van der Waals surface area contributed by atoms with Crippen LogP contribution in [0.5, 0.6) is 0 Å². The monoisotopic (exact) mass is 495 g/mol. The van der Waals surface area contributed by atoms with Crippen molar-refractivity contribution < 1.29 is 4.84 Å². The molecule has 36 heavy (non-hydrogen) atoms. The Balaban J connectivity index is 0.000000592. The lowest BCUT2D eigenvalue weighted by atomic mass is 9.95. The minimum atomic E-state index is 0.287. The van der Waals surface area contributed by atoms with E-state index in [4.69, 9.17) is 10.6 Å². The molecule has 4 heteroatoms. The quantitative estimate of drug-likeness (QED) is 0.0843. The Morgan fingerprint density at radius 1 is 0.917 bits per heavy atom. The third kappa shape index (κ3) is 17.2. The molecule has 0 aromatic heterocycles. The number of rotatable bonds is 15. The fraction of sp³-hybridized carbons (Fsp3) is 0.656. The summed E-state index contributed by atoms with van der Waals surface area (Å²) in [5.74, 6) is 0.816. The minimum Gasteiger partial charge on any atom is -0.360 e. The van der Waals surface area contributed by atoms with E-state index in [0.29, 0.717) is 11.7 Å². The Labute approximate surface area is 222 Å². The number of benzene rings is 1. The molecule has 2 aliphatic rings. The van der Waals surface area contributed by atoms with Crippen molar-refractivity contribution in [3.8, 4) is 12.1 Å². The van der Waals surface area contributed by atoms with Crippen LogP contribution < -0.4 is 11.1 Å². The van der Waals surface area contributed by atoms with Crippen molar-refractivity contribution in [1.82, 2.24) is 5.32 Å². The molecule has 3 N–H and O–H groups in total. The Hall–Kier alpha value is -2.25. The van der Waals surface area contributed by atoms with Gasteiger partial charge in [-0.05, 0) is 30.4 Å². The van der Waals surface area contributed by atoms with Crippen LogP contribution in [0.3, 0.4) is 0 Å².